The molecule has 0 saturated carbocycles. The quantitative estimate of drug-likeness (QED) is 0.761. The van der Waals surface area contributed by atoms with Gasteiger partial charge >= 0.3 is 0 Å². The predicted molar refractivity (Wildman–Crippen MR) is 74.8 cm³/mol. The molecule has 0 aliphatic carbocycles. The Hall–Kier alpha value is -0.160. The Labute approximate surface area is 111 Å². The van der Waals surface area contributed by atoms with E-state index in [1.165, 1.54) is 32.4 Å². The first-order valence-corrected chi connectivity index (χ1v) is 7.57. The van der Waals surface area contributed by atoms with Crippen LogP contribution in [0.25, 0.3) is 0 Å². The zero-order chi connectivity index (χ0) is 12.8. The van der Waals surface area contributed by atoms with Crippen LogP contribution >= 0.6 is 0 Å². The van der Waals surface area contributed by atoms with Crippen LogP contribution in [0.2, 0.25) is 0 Å². The van der Waals surface area contributed by atoms with Crippen LogP contribution in [0.5, 0.6) is 0 Å². The SMILES string of the molecule is C[C@@H]1CCCN(C[C@@H](O)CN2CCCNCC2)C1. The summed E-state index contributed by atoms with van der Waals surface area (Å²) in [6.07, 6.45) is 3.66. The molecule has 0 aromatic heterocycles. The van der Waals surface area contributed by atoms with Gasteiger partial charge in [0.1, 0.15) is 0 Å². The van der Waals surface area contributed by atoms with Crippen molar-refractivity contribution in [3.8, 4) is 0 Å². The summed E-state index contributed by atoms with van der Waals surface area (Å²) in [6, 6.07) is 0. The van der Waals surface area contributed by atoms with E-state index in [4.69, 9.17) is 0 Å². The zero-order valence-electron chi connectivity index (χ0n) is 11.8. The van der Waals surface area contributed by atoms with Crippen molar-refractivity contribution in [3.05, 3.63) is 0 Å². The van der Waals surface area contributed by atoms with E-state index in [0.29, 0.717) is 0 Å². The Bertz CT molecular complexity index is 225. The lowest BCUT2D eigenvalue weighted by Crippen LogP contribution is -2.44. The van der Waals surface area contributed by atoms with Gasteiger partial charge in [0.25, 0.3) is 0 Å². The Kier molecular flexibility index (Phi) is 5.89. The number of aliphatic hydroxyl groups is 1. The minimum absolute atomic E-state index is 0.187. The molecule has 2 saturated heterocycles. The average molecular weight is 255 g/mol. The first-order chi connectivity index (χ1) is 8.74. The summed E-state index contributed by atoms with van der Waals surface area (Å²) in [4.78, 5) is 4.84. The smallest absolute Gasteiger partial charge is 0.0793 e. The van der Waals surface area contributed by atoms with Crippen LogP contribution in [-0.4, -0.2) is 73.4 Å². The Balaban J connectivity index is 1.68. The van der Waals surface area contributed by atoms with Gasteiger partial charge in [-0.1, -0.05) is 6.92 Å². The zero-order valence-corrected chi connectivity index (χ0v) is 11.8. The molecule has 0 aromatic carbocycles. The number of piperidine rings is 1. The Morgan fingerprint density at radius 1 is 1.11 bits per heavy atom. The summed E-state index contributed by atoms with van der Waals surface area (Å²) in [5.74, 6) is 0.799. The Morgan fingerprint density at radius 2 is 1.89 bits per heavy atom. The van der Waals surface area contributed by atoms with Gasteiger partial charge < -0.3 is 15.3 Å². The lowest BCUT2D eigenvalue weighted by atomic mass is 10.00. The number of aliphatic hydroxyl groups excluding tert-OH is 1. The van der Waals surface area contributed by atoms with Crippen LogP contribution in [0.3, 0.4) is 0 Å². The average Bonchev–Trinajstić information content (AvgIpc) is 2.57. The van der Waals surface area contributed by atoms with Crippen molar-refractivity contribution in [1.82, 2.24) is 15.1 Å². The summed E-state index contributed by atoms with van der Waals surface area (Å²) >= 11 is 0. The summed E-state index contributed by atoms with van der Waals surface area (Å²) in [6.45, 7) is 10.7. The Morgan fingerprint density at radius 3 is 2.72 bits per heavy atom. The minimum atomic E-state index is -0.187. The topological polar surface area (TPSA) is 38.7 Å². The molecule has 4 nitrogen and oxygen atoms in total. The lowest BCUT2D eigenvalue weighted by molar-refractivity contribution is 0.0603. The summed E-state index contributed by atoms with van der Waals surface area (Å²) in [5.41, 5.74) is 0. The van der Waals surface area contributed by atoms with Crippen molar-refractivity contribution in [2.75, 3.05) is 52.4 Å². The highest BCUT2D eigenvalue weighted by Gasteiger charge is 2.20. The van der Waals surface area contributed by atoms with Gasteiger partial charge in [-0.3, -0.25) is 4.90 Å². The van der Waals surface area contributed by atoms with Crippen LogP contribution in [0.4, 0.5) is 0 Å². The molecule has 0 spiro atoms. The first kappa shape index (κ1) is 14.3. The van der Waals surface area contributed by atoms with E-state index >= 15 is 0 Å². The van der Waals surface area contributed by atoms with Crippen LogP contribution < -0.4 is 5.32 Å². The standard InChI is InChI=1S/C14H29N3O/c1-13-4-2-7-17(10-13)12-14(18)11-16-8-3-5-15-6-9-16/h13-15,18H,2-12H2,1H3/t13-,14+/m1/s1. The van der Waals surface area contributed by atoms with Crippen LogP contribution in [0, 0.1) is 5.92 Å². The molecule has 18 heavy (non-hydrogen) atoms. The van der Waals surface area contributed by atoms with Gasteiger partial charge in [-0.05, 0) is 44.8 Å². The number of nitrogens with one attached hydrogen (secondary N) is 1. The van der Waals surface area contributed by atoms with Gasteiger partial charge in [-0.25, -0.2) is 0 Å². The van der Waals surface area contributed by atoms with E-state index in [9.17, 15) is 5.11 Å². The normalized spacial score (nSPS) is 30.0. The molecule has 0 amide bonds. The number of hydrogen-bond acceptors (Lipinski definition) is 4. The van der Waals surface area contributed by atoms with Crippen LogP contribution in [0.15, 0.2) is 0 Å². The molecule has 0 radical (unpaired) electrons. The number of rotatable bonds is 4. The molecule has 2 heterocycles. The molecule has 2 atom stereocenters. The minimum Gasteiger partial charge on any atom is -0.390 e. The maximum Gasteiger partial charge on any atom is 0.0793 e. The van der Waals surface area contributed by atoms with Gasteiger partial charge in [0, 0.05) is 32.7 Å². The van der Waals surface area contributed by atoms with Crippen molar-refractivity contribution in [1.29, 1.82) is 0 Å². The highest BCUT2D eigenvalue weighted by molar-refractivity contribution is 4.76. The third-order valence-electron chi connectivity index (χ3n) is 4.11. The number of nitrogens with zero attached hydrogens (tertiary/aromatic N) is 2. The third-order valence-corrected chi connectivity index (χ3v) is 4.11. The lowest BCUT2D eigenvalue weighted by Gasteiger charge is -2.33. The highest BCUT2D eigenvalue weighted by Crippen LogP contribution is 2.15. The van der Waals surface area contributed by atoms with Crippen LogP contribution in [-0.2, 0) is 0 Å². The van der Waals surface area contributed by atoms with E-state index in [-0.39, 0.29) is 6.10 Å². The van der Waals surface area contributed by atoms with E-state index in [2.05, 4.69) is 22.0 Å². The fourth-order valence-corrected chi connectivity index (χ4v) is 3.19. The van der Waals surface area contributed by atoms with Crippen molar-refractivity contribution in [2.45, 2.75) is 32.3 Å². The van der Waals surface area contributed by atoms with E-state index in [1.807, 2.05) is 0 Å². The molecule has 2 aliphatic rings. The fraction of sp³-hybridized carbons (Fsp3) is 1.00. The highest BCUT2D eigenvalue weighted by atomic mass is 16.3. The molecular formula is C14H29N3O. The van der Waals surface area contributed by atoms with Crippen molar-refractivity contribution in [3.63, 3.8) is 0 Å². The second-order valence-electron chi connectivity index (χ2n) is 6.06. The second kappa shape index (κ2) is 7.43. The molecule has 2 aliphatic heterocycles. The van der Waals surface area contributed by atoms with Gasteiger partial charge in [0.2, 0.25) is 0 Å². The summed E-state index contributed by atoms with van der Waals surface area (Å²) < 4.78 is 0. The van der Waals surface area contributed by atoms with Gasteiger partial charge in [0.15, 0.2) is 0 Å². The van der Waals surface area contributed by atoms with E-state index in [1.54, 1.807) is 0 Å². The van der Waals surface area contributed by atoms with Crippen molar-refractivity contribution < 1.29 is 5.11 Å². The summed E-state index contributed by atoms with van der Waals surface area (Å²) in [7, 11) is 0. The summed E-state index contributed by atoms with van der Waals surface area (Å²) in [5, 5.41) is 13.6. The van der Waals surface area contributed by atoms with Crippen molar-refractivity contribution >= 4 is 0 Å². The van der Waals surface area contributed by atoms with Crippen LogP contribution in [0.1, 0.15) is 26.2 Å². The van der Waals surface area contributed by atoms with E-state index < -0.39 is 0 Å². The molecule has 0 aromatic rings. The third kappa shape index (κ3) is 4.84. The predicted octanol–water partition coefficient (Wildman–Crippen LogP) is 0.375. The molecule has 2 rings (SSSR count). The molecule has 2 N–H and O–H groups in total. The number of hydrogen-bond donors (Lipinski definition) is 2. The van der Waals surface area contributed by atoms with Crippen molar-refractivity contribution in [2.24, 2.45) is 5.92 Å². The molecular weight excluding hydrogens is 226 g/mol. The van der Waals surface area contributed by atoms with E-state index in [0.717, 1.165) is 45.2 Å². The first-order valence-electron chi connectivity index (χ1n) is 7.57. The molecule has 2 fully saturated rings. The largest absolute Gasteiger partial charge is 0.390 e. The number of β-amino-alcohol motifs (C(OH)–C–C–N with tert-alkyl or cyclic N) is 1. The molecule has 4 heteroatoms. The monoisotopic (exact) mass is 255 g/mol. The maximum absolute atomic E-state index is 10.2. The van der Waals surface area contributed by atoms with Gasteiger partial charge in [0.05, 0.1) is 6.10 Å². The second-order valence-corrected chi connectivity index (χ2v) is 6.06. The molecule has 106 valence electrons. The number of likely N-dealkylation sites (tertiary alicyclic amines) is 1. The fourth-order valence-electron chi connectivity index (χ4n) is 3.19. The maximum atomic E-state index is 10.2. The van der Waals surface area contributed by atoms with Gasteiger partial charge in [-0.2, -0.15) is 0 Å². The van der Waals surface area contributed by atoms with Gasteiger partial charge in [-0.15, -0.1) is 0 Å². The molecule has 0 bridgehead atoms. The molecule has 0 unspecified atom stereocenters.